The third kappa shape index (κ3) is 2.35. The second kappa shape index (κ2) is 5.21. The third-order valence-electron chi connectivity index (χ3n) is 2.94. The molecule has 0 amide bonds. The van der Waals surface area contributed by atoms with E-state index in [4.69, 9.17) is 11.6 Å². The first-order chi connectivity index (χ1) is 9.36. The summed E-state index contributed by atoms with van der Waals surface area (Å²) in [5, 5.41) is 0.725. The molecule has 2 aromatic heterocycles. The summed E-state index contributed by atoms with van der Waals surface area (Å²) >= 11 is 6.52. The van der Waals surface area contributed by atoms with Crippen molar-refractivity contribution >= 4 is 11.6 Å². The number of halogens is 1. The van der Waals surface area contributed by atoms with Gasteiger partial charge in [-0.25, -0.2) is 0 Å². The lowest BCUT2D eigenvalue weighted by Crippen LogP contribution is -1.86. The van der Waals surface area contributed by atoms with Crippen LogP contribution in [0.1, 0.15) is 0 Å². The van der Waals surface area contributed by atoms with Gasteiger partial charge in [-0.15, -0.1) is 0 Å². The van der Waals surface area contributed by atoms with Gasteiger partial charge >= 0.3 is 0 Å². The maximum absolute atomic E-state index is 6.52. The van der Waals surface area contributed by atoms with Crippen molar-refractivity contribution in [3.8, 4) is 22.3 Å². The fraction of sp³-hybridized carbons (Fsp3) is 0. The zero-order valence-electron chi connectivity index (χ0n) is 10.1. The predicted octanol–water partition coefficient (Wildman–Crippen LogP) is 4.46. The first kappa shape index (κ1) is 11.9. The van der Waals surface area contributed by atoms with Crippen LogP contribution in [0.25, 0.3) is 22.3 Å². The molecule has 2 heterocycles. The van der Waals surface area contributed by atoms with Crippen LogP contribution in [0, 0.1) is 0 Å². The van der Waals surface area contributed by atoms with E-state index in [-0.39, 0.29) is 0 Å². The highest BCUT2D eigenvalue weighted by Crippen LogP contribution is 2.35. The van der Waals surface area contributed by atoms with Gasteiger partial charge in [-0.3, -0.25) is 9.97 Å². The summed E-state index contributed by atoms with van der Waals surface area (Å²) in [5.74, 6) is 0. The molecule has 0 aliphatic heterocycles. The van der Waals surface area contributed by atoms with Gasteiger partial charge < -0.3 is 0 Å². The summed E-state index contributed by atoms with van der Waals surface area (Å²) in [4.78, 5) is 8.27. The van der Waals surface area contributed by atoms with E-state index in [2.05, 4.69) is 9.97 Å². The number of aromatic nitrogens is 2. The van der Waals surface area contributed by atoms with Crippen LogP contribution < -0.4 is 0 Å². The second-order valence-electron chi connectivity index (χ2n) is 4.15. The Kier molecular flexibility index (Phi) is 3.25. The van der Waals surface area contributed by atoms with Gasteiger partial charge in [0.25, 0.3) is 0 Å². The minimum atomic E-state index is 0.725. The number of pyridine rings is 2. The molecular formula is C16H11ClN2. The molecule has 3 aromatic rings. The van der Waals surface area contributed by atoms with Crippen LogP contribution in [0.4, 0.5) is 0 Å². The monoisotopic (exact) mass is 266 g/mol. The average molecular weight is 267 g/mol. The van der Waals surface area contributed by atoms with E-state index in [9.17, 15) is 0 Å². The normalized spacial score (nSPS) is 10.4. The van der Waals surface area contributed by atoms with Crippen molar-refractivity contribution in [2.75, 3.05) is 0 Å². The highest BCUT2D eigenvalue weighted by molar-refractivity contribution is 6.36. The molecule has 2 nitrogen and oxygen atoms in total. The molecule has 0 radical (unpaired) electrons. The van der Waals surface area contributed by atoms with Crippen molar-refractivity contribution in [3.63, 3.8) is 0 Å². The summed E-state index contributed by atoms with van der Waals surface area (Å²) < 4.78 is 0. The molecule has 0 N–H and O–H groups in total. The minimum absolute atomic E-state index is 0.725. The van der Waals surface area contributed by atoms with E-state index in [1.54, 1.807) is 12.4 Å². The Balaban J connectivity index is 2.15. The smallest absolute Gasteiger partial charge is 0.0563 e. The summed E-state index contributed by atoms with van der Waals surface area (Å²) in [7, 11) is 0. The molecule has 0 atom stereocenters. The van der Waals surface area contributed by atoms with Gasteiger partial charge in [0.15, 0.2) is 0 Å². The number of hydrogen-bond acceptors (Lipinski definition) is 2. The Morgan fingerprint density at radius 2 is 1.21 bits per heavy atom. The Bertz CT molecular complexity index is 624. The topological polar surface area (TPSA) is 25.8 Å². The van der Waals surface area contributed by atoms with Crippen LogP contribution in [0.15, 0.2) is 67.3 Å². The van der Waals surface area contributed by atoms with Gasteiger partial charge in [0.05, 0.1) is 5.02 Å². The molecule has 3 heteroatoms. The fourth-order valence-electron chi connectivity index (χ4n) is 2.02. The van der Waals surface area contributed by atoms with Gasteiger partial charge in [-0.05, 0) is 12.1 Å². The van der Waals surface area contributed by atoms with E-state index in [0.29, 0.717) is 0 Å². The average Bonchev–Trinajstić information content (AvgIpc) is 2.49. The Hall–Kier alpha value is -2.19. The Labute approximate surface area is 116 Å². The van der Waals surface area contributed by atoms with Crippen molar-refractivity contribution in [1.29, 1.82) is 0 Å². The van der Waals surface area contributed by atoms with Gasteiger partial charge in [0.1, 0.15) is 0 Å². The summed E-state index contributed by atoms with van der Waals surface area (Å²) in [6.07, 6.45) is 7.13. The maximum atomic E-state index is 6.52. The van der Waals surface area contributed by atoms with Crippen molar-refractivity contribution in [2.45, 2.75) is 0 Å². The lowest BCUT2D eigenvalue weighted by atomic mass is 10.0. The van der Waals surface area contributed by atoms with E-state index in [1.807, 2.05) is 54.9 Å². The molecule has 0 aliphatic rings. The number of hydrogen-bond donors (Lipinski definition) is 0. The molecule has 0 saturated heterocycles. The van der Waals surface area contributed by atoms with E-state index < -0.39 is 0 Å². The predicted molar refractivity (Wildman–Crippen MR) is 77.9 cm³/mol. The molecule has 0 unspecified atom stereocenters. The molecule has 0 fully saturated rings. The van der Waals surface area contributed by atoms with Gasteiger partial charge in [0, 0.05) is 47.0 Å². The maximum Gasteiger partial charge on any atom is 0.0563 e. The quantitative estimate of drug-likeness (QED) is 0.684. The van der Waals surface area contributed by atoms with Crippen LogP contribution in [-0.4, -0.2) is 9.97 Å². The SMILES string of the molecule is Clc1c(-c2cccnc2)cccc1-c1cccnc1. The van der Waals surface area contributed by atoms with Crippen LogP contribution in [0.5, 0.6) is 0 Å². The molecule has 1 aromatic carbocycles. The summed E-state index contributed by atoms with van der Waals surface area (Å²) in [6.45, 7) is 0. The van der Waals surface area contributed by atoms with E-state index in [1.165, 1.54) is 0 Å². The minimum Gasteiger partial charge on any atom is -0.264 e. The number of benzene rings is 1. The second-order valence-corrected chi connectivity index (χ2v) is 4.53. The van der Waals surface area contributed by atoms with Crippen LogP contribution in [0.2, 0.25) is 5.02 Å². The van der Waals surface area contributed by atoms with Crippen molar-refractivity contribution in [2.24, 2.45) is 0 Å². The van der Waals surface area contributed by atoms with Crippen molar-refractivity contribution in [3.05, 3.63) is 72.3 Å². The van der Waals surface area contributed by atoms with Crippen LogP contribution in [0.3, 0.4) is 0 Å². The van der Waals surface area contributed by atoms with Crippen LogP contribution >= 0.6 is 11.6 Å². The highest BCUT2D eigenvalue weighted by atomic mass is 35.5. The standard InChI is InChI=1S/C16H11ClN2/c17-16-14(12-4-2-8-18-10-12)6-1-7-15(16)13-5-3-9-19-11-13/h1-11H. The summed E-state index contributed by atoms with van der Waals surface area (Å²) in [6, 6.07) is 13.8. The molecule has 3 rings (SSSR count). The zero-order chi connectivity index (χ0) is 13.1. The van der Waals surface area contributed by atoms with E-state index >= 15 is 0 Å². The lowest BCUT2D eigenvalue weighted by molar-refractivity contribution is 1.32. The molecule has 19 heavy (non-hydrogen) atoms. The third-order valence-corrected chi connectivity index (χ3v) is 3.35. The summed E-state index contributed by atoms with van der Waals surface area (Å²) in [5.41, 5.74) is 3.99. The molecule has 0 aliphatic carbocycles. The lowest BCUT2D eigenvalue weighted by Gasteiger charge is -2.09. The number of nitrogens with zero attached hydrogens (tertiary/aromatic N) is 2. The molecule has 92 valence electrons. The molecule has 0 saturated carbocycles. The molecule has 0 spiro atoms. The van der Waals surface area contributed by atoms with Gasteiger partial charge in [0.2, 0.25) is 0 Å². The Morgan fingerprint density at radius 3 is 1.63 bits per heavy atom. The van der Waals surface area contributed by atoms with Crippen molar-refractivity contribution in [1.82, 2.24) is 9.97 Å². The van der Waals surface area contributed by atoms with Gasteiger partial charge in [-0.2, -0.15) is 0 Å². The zero-order valence-corrected chi connectivity index (χ0v) is 10.9. The van der Waals surface area contributed by atoms with Crippen molar-refractivity contribution < 1.29 is 0 Å². The number of rotatable bonds is 2. The fourth-order valence-corrected chi connectivity index (χ4v) is 2.37. The Morgan fingerprint density at radius 1 is 0.684 bits per heavy atom. The first-order valence-electron chi connectivity index (χ1n) is 5.95. The van der Waals surface area contributed by atoms with E-state index in [0.717, 1.165) is 27.3 Å². The largest absolute Gasteiger partial charge is 0.264 e. The first-order valence-corrected chi connectivity index (χ1v) is 6.33. The molecule has 0 bridgehead atoms. The van der Waals surface area contributed by atoms with Gasteiger partial charge in [-0.1, -0.05) is 41.9 Å². The highest BCUT2D eigenvalue weighted by Gasteiger charge is 2.09. The molecular weight excluding hydrogens is 256 g/mol. The van der Waals surface area contributed by atoms with Crippen LogP contribution in [-0.2, 0) is 0 Å².